The lowest BCUT2D eigenvalue weighted by molar-refractivity contribution is -0.0862. The molecule has 1 aromatic carbocycles. The summed E-state index contributed by atoms with van der Waals surface area (Å²) in [7, 11) is 0. The number of aryl methyl sites for hydroxylation is 1. The second kappa shape index (κ2) is 9.64. The Morgan fingerprint density at radius 3 is 2.06 bits per heavy atom. The maximum Gasteiger partial charge on any atom is 0.152 e. The van der Waals surface area contributed by atoms with E-state index in [1.807, 2.05) is 89.3 Å². The predicted octanol–water partition coefficient (Wildman–Crippen LogP) is 6.79. The molecule has 2 unspecified atom stereocenters. The molecule has 0 saturated heterocycles. The first-order valence-corrected chi connectivity index (χ1v) is 10.8. The lowest BCUT2D eigenvalue weighted by Crippen LogP contribution is -2.57. The smallest absolute Gasteiger partial charge is 0.152 e. The van der Waals surface area contributed by atoms with Gasteiger partial charge in [0.15, 0.2) is 11.2 Å². The van der Waals surface area contributed by atoms with Crippen LogP contribution >= 0.6 is 0 Å². The van der Waals surface area contributed by atoms with E-state index in [4.69, 9.17) is 0 Å². The molecule has 164 valence electrons. The minimum Gasteiger partial charge on any atom is -0.377 e. The summed E-state index contributed by atoms with van der Waals surface area (Å²) in [5, 5.41) is 25.1. The van der Waals surface area contributed by atoms with Crippen LogP contribution in [0.3, 0.4) is 0 Å². The molecule has 0 heterocycles. The molecule has 0 aliphatic heterocycles. The van der Waals surface area contributed by atoms with Crippen molar-refractivity contribution in [2.24, 2.45) is 0 Å². The monoisotopic (exact) mass is 416 g/mol. The first-order chi connectivity index (χ1) is 14.6. The number of hydrogen-bond acceptors (Lipinski definition) is 2. The summed E-state index contributed by atoms with van der Waals surface area (Å²) in [6, 6.07) is 7.71. The van der Waals surface area contributed by atoms with E-state index >= 15 is 0 Å². The van der Waals surface area contributed by atoms with E-state index in [1.165, 1.54) is 0 Å². The Hall–Kier alpha value is -2.68. The third kappa shape index (κ3) is 4.11. The van der Waals surface area contributed by atoms with Gasteiger partial charge in [-0.15, -0.1) is 0 Å². The zero-order chi connectivity index (χ0) is 23.4. The molecule has 0 bridgehead atoms. The van der Waals surface area contributed by atoms with E-state index in [1.54, 1.807) is 6.08 Å². The van der Waals surface area contributed by atoms with Crippen LogP contribution in [0.1, 0.15) is 52.2 Å². The maximum atomic E-state index is 12.6. The molecule has 2 nitrogen and oxygen atoms in total. The maximum absolute atomic E-state index is 12.6. The van der Waals surface area contributed by atoms with Crippen LogP contribution in [0, 0.1) is 6.92 Å². The highest BCUT2D eigenvalue weighted by atomic mass is 16.4. The molecule has 2 N–H and O–H groups in total. The molecule has 0 amide bonds. The zero-order valence-corrected chi connectivity index (χ0v) is 19.8. The van der Waals surface area contributed by atoms with Crippen LogP contribution in [0.25, 0.3) is 0 Å². The van der Waals surface area contributed by atoms with Crippen LogP contribution in [0.4, 0.5) is 0 Å². The van der Waals surface area contributed by atoms with Crippen LogP contribution < -0.4 is 0 Å². The molecule has 0 aromatic heterocycles. The van der Waals surface area contributed by atoms with Gasteiger partial charge in [-0.25, -0.2) is 0 Å². The molecule has 0 spiro atoms. The Morgan fingerprint density at radius 2 is 1.58 bits per heavy atom. The van der Waals surface area contributed by atoms with Crippen LogP contribution in [-0.2, 0) is 5.60 Å². The summed E-state index contributed by atoms with van der Waals surface area (Å²) in [6.45, 7) is 19.7. The number of benzene rings is 1. The molecular weight excluding hydrogens is 380 g/mol. The molecule has 0 fully saturated rings. The van der Waals surface area contributed by atoms with Crippen LogP contribution in [0.15, 0.2) is 107 Å². The van der Waals surface area contributed by atoms with Gasteiger partial charge in [-0.1, -0.05) is 91.9 Å². The third-order valence-corrected chi connectivity index (χ3v) is 6.14. The number of aliphatic hydroxyl groups is 2. The van der Waals surface area contributed by atoms with Gasteiger partial charge in [0.2, 0.25) is 0 Å². The van der Waals surface area contributed by atoms with Crippen molar-refractivity contribution in [3.63, 3.8) is 0 Å². The largest absolute Gasteiger partial charge is 0.377 e. The van der Waals surface area contributed by atoms with Gasteiger partial charge < -0.3 is 10.2 Å². The average Bonchev–Trinajstić information content (AvgIpc) is 2.73. The van der Waals surface area contributed by atoms with Crippen molar-refractivity contribution in [2.45, 2.75) is 59.2 Å². The zero-order valence-electron chi connectivity index (χ0n) is 19.8. The van der Waals surface area contributed by atoms with Crippen molar-refractivity contribution in [1.29, 1.82) is 0 Å². The summed E-state index contributed by atoms with van der Waals surface area (Å²) in [5.41, 5.74) is 2.85. The van der Waals surface area contributed by atoms with Gasteiger partial charge in [0, 0.05) is 0 Å². The Morgan fingerprint density at radius 1 is 1.00 bits per heavy atom. The first-order valence-electron chi connectivity index (χ1n) is 10.8. The van der Waals surface area contributed by atoms with Gasteiger partial charge in [0.05, 0.1) is 0 Å². The second-order valence-electron chi connectivity index (χ2n) is 8.30. The molecule has 1 aromatic rings. The van der Waals surface area contributed by atoms with E-state index in [0.29, 0.717) is 22.3 Å². The van der Waals surface area contributed by atoms with Crippen molar-refractivity contribution in [2.75, 3.05) is 0 Å². The lowest BCUT2D eigenvalue weighted by Gasteiger charge is -2.50. The highest BCUT2D eigenvalue weighted by molar-refractivity contribution is 5.65. The fraction of sp³-hybridized carbons (Fsp3) is 0.310. The van der Waals surface area contributed by atoms with Crippen molar-refractivity contribution in [3.05, 3.63) is 118 Å². The number of rotatable bonds is 7. The highest BCUT2D eigenvalue weighted by Crippen LogP contribution is 2.54. The van der Waals surface area contributed by atoms with E-state index < -0.39 is 11.2 Å². The SMILES string of the molecule is C=CC1=C(C)C(C)=C(/C=C\CC)C(O)(c2ccc(C)cc2)C1(O)C(/C=C\C(=C)C)=C/C. The minimum absolute atomic E-state index is 0.586. The number of allylic oxidation sites excluding steroid dienone is 6. The topological polar surface area (TPSA) is 40.5 Å². The Bertz CT molecular complexity index is 1010. The molecule has 1 aliphatic carbocycles. The summed E-state index contributed by atoms with van der Waals surface area (Å²) in [6.07, 6.45) is 12.0. The van der Waals surface area contributed by atoms with E-state index in [2.05, 4.69) is 20.1 Å². The summed E-state index contributed by atoms with van der Waals surface area (Å²) in [4.78, 5) is 0. The summed E-state index contributed by atoms with van der Waals surface area (Å²) < 4.78 is 0. The molecule has 31 heavy (non-hydrogen) atoms. The lowest BCUT2D eigenvalue weighted by atomic mass is 9.60. The fourth-order valence-electron chi connectivity index (χ4n) is 4.30. The van der Waals surface area contributed by atoms with Crippen LogP contribution in [0.5, 0.6) is 0 Å². The van der Waals surface area contributed by atoms with Crippen molar-refractivity contribution in [3.8, 4) is 0 Å². The molecule has 1 aliphatic rings. The fourth-order valence-corrected chi connectivity index (χ4v) is 4.30. The minimum atomic E-state index is -1.73. The Balaban J connectivity index is 3.04. The molecule has 2 atom stereocenters. The predicted molar refractivity (Wildman–Crippen MR) is 133 cm³/mol. The van der Waals surface area contributed by atoms with Gasteiger partial charge >= 0.3 is 0 Å². The van der Waals surface area contributed by atoms with Crippen LogP contribution in [-0.4, -0.2) is 15.8 Å². The summed E-state index contributed by atoms with van der Waals surface area (Å²) >= 11 is 0. The van der Waals surface area contributed by atoms with Gasteiger partial charge in [-0.2, -0.15) is 0 Å². The standard InChI is InChI=1S/C29H36O2/c1-9-12-13-27-23(8)22(7)26(11-3)28(30,24(10-2)17-14-20(4)5)29(27,31)25-18-15-21(6)16-19-25/h10-19,30-31H,3-4,9H2,1-2,5-8H3/b13-12-,17-14-,24-10+. The van der Waals surface area contributed by atoms with Crippen molar-refractivity contribution in [1.82, 2.24) is 0 Å². The van der Waals surface area contributed by atoms with E-state index in [9.17, 15) is 10.2 Å². The average molecular weight is 417 g/mol. The Labute approximate surface area is 188 Å². The normalized spacial score (nSPS) is 25.1. The summed E-state index contributed by atoms with van der Waals surface area (Å²) in [5.74, 6) is 0. The van der Waals surface area contributed by atoms with Crippen molar-refractivity contribution < 1.29 is 10.2 Å². The van der Waals surface area contributed by atoms with Gasteiger partial charge in [-0.3, -0.25) is 0 Å². The van der Waals surface area contributed by atoms with Gasteiger partial charge in [0.1, 0.15) is 0 Å². The third-order valence-electron chi connectivity index (χ3n) is 6.14. The molecule has 0 saturated carbocycles. The van der Waals surface area contributed by atoms with Crippen LogP contribution in [0.2, 0.25) is 0 Å². The Kier molecular flexibility index (Phi) is 7.64. The molecular formula is C29H36O2. The van der Waals surface area contributed by atoms with Crippen molar-refractivity contribution >= 4 is 0 Å². The molecule has 0 radical (unpaired) electrons. The van der Waals surface area contributed by atoms with E-state index in [-0.39, 0.29) is 0 Å². The highest BCUT2D eigenvalue weighted by Gasteiger charge is 2.58. The van der Waals surface area contributed by atoms with Gasteiger partial charge in [0.25, 0.3) is 0 Å². The molecule has 2 heteroatoms. The van der Waals surface area contributed by atoms with E-state index in [0.717, 1.165) is 28.7 Å². The molecule has 2 rings (SSSR count). The van der Waals surface area contributed by atoms with Gasteiger partial charge in [-0.05, 0) is 74.5 Å². The second-order valence-corrected chi connectivity index (χ2v) is 8.30. The quantitative estimate of drug-likeness (QED) is 0.480. The first kappa shape index (κ1) is 24.6. The number of hydrogen-bond donors (Lipinski definition) is 2.